The smallest absolute Gasteiger partial charge is 0.420 e. The zero-order chi connectivity index (χ0) is 29.8. The van der Waals surface area contributed by atoms with Gasteiger partial charge in [-0.3, -0.25) is 9.69 Å². The lowest BCUT2D eigenvalue weighted by Crippen LogP contribution is -2.59. The molecule has 2 saturated heterocycles. The lowest BCUT2D eigenvalue weighted by molar-refractivity contribution is -0.180. The minimum absolute atomic E-state index is 0.0421. The molecule has 2 atom stereocenters. The van der Waals surface area contributed by atoms with E-state index in [2.05, 4.69) is 4.90 Å². The van der Waals surface area contributed by atoms with Crippen molar-refractivity contribution in [2.24, 2.45) is 5.92 Å². The van der Waals surface area contributed by atoms with E-state index in [-0.39, 0.29) is 59.0 Å². The topological polar surface area (TPSA) is 79.3 Å². The molecule has 2 aromatic rings. The Hall–Kier alpha value is -2.89. The molecular formula is C30H31ClF4N2O5. The fourth-order valence-corrected chi connectivity index (χ4v) is 7.02. The molecule has 226 valence electrons. The van der Waals surface area contributed by atoms with Gasteiger partial charge in [-0.05, 0) is 93.3 Å². The van der Waals surface area contributed by atoms with Gasteiger partial charge in [0.05, 0.1) is 24.3 Å². The molecule has 0 bridgehead atoms. The van der Waals surface area contributed by atoms with Crippen LogP contribution in [0.4, 0.5) is 17.6 Å². The minimum atomic E-state index is -4.63. The third-order valence-electron chi connectivity index (χ3n) is 9.17. The number of hydrogen-bond acceptors (Lipinski definition) is 5. The molecule has 0 radical (unpaired) electrons. The number of likely N-dealkylation sites (tertiary alicyclic amines) is 1. The van der Waals surface area contributed by atoms with Crippen molar-refractivity contribution in [3.63, 3.8) is 0 Å². The molecule has 3 heterocycles. The molecule has 1 saturated carbocycles. The number of benzene rings is 2. The first-order valence-electron chi connectivity index (χ1n) is 14.2. The van der Waals surface area contributed by atoms with Crippen LogP contribution < -0.4 is 4.74 Å². The summed E-state index contributed by atoms with van der Waals surface area (Å²) in [6.07, 6.45) is -0.0927. The molecule has 6 rings (SSSR count). The van der Waals surface area contributed by atoms with Crippen LogP contribution >= 0.6 is 11.6 Å². The van der Waals surface area contributed by atoms with E-state index in [4.69, 9.17) is 21.1 Å². The van der Waals surface area contributed by atoms with Gasteiger partial charge < -0.3 is 19.5 Å². The number of amides is 1. The highest BCUT2D eigenvalue weighted by Crippen LogP contribution is 2.49. The fraction of sp³-hybridized carbons (Fsp3) is 0.533. The van der Waals surface area contributed by atoms with E-state index in [0.29, 0.717) is 13.0 Å². The number of ether oxygens (including phenoxy) is 2. The number of carboxylic acid groups (broad SMARTS) is 1. The van der Waals surface area contributed by atoms with Crippen molar-refractivity contribution < 1.29 is 41.7 Å². The molecule has 3 aliphatic heterocycles. The minimum Gasteiger partial charge on any atom is -0.478 e. The van der Waals surface area contributed by atoms with Crippen molar-refractivity contribution >= 4 is 23.5 Å². The number of carboxylic acids is 1. The summed E-state index contributed by atoms with van der Waals surface area (Å²) in [6.45, 7) is 1.56. The predicted octanol–water partition coefficient (Wildman–Crippen LogP) is 6.08. The maximum absolute atomic E-state index is 13.9. The van der Waals surface area contributed by atoms with Crippen LogP contribution in [0.5, 0.6) is 5.75 Å². The number of hydrogen-bond donors (Lipinski definition) is 1. The zero-order valence-corrected chi connectivity index (χ0v) is 23.5. The molecule has 7 nitrogen and oxygen atoms in total. The van der Waals surface area contributed by atoms with Crippen molar-refractivity contribution in [3.8, 4) is 5.75 Å². The van der Waals surface area contributed by atoms with Crippen LogP contribution in [0.15, 0.2) is 30.3 Å². The molecule has 0 unspecified atom stereocenters. The maximum atomic E-state index is 13.9. The lowest BCUT2D eigenvalue weighted by Gasteiger charge is -2.46. The fourth-order valence-electron chi connectivity index (χ4n) is 6.78. The first-order chi connectivity index (χ1) is 20.0. The van der Waals surface area contributed by atoms with Gasteiger partial charge in [0.2, 0.25) is 0 Å². The standard InChI is InChI=1S/C30H31ClF4N2O5/c31-21-11-19-14-37(16-41-26(19)24(13-21)30(33,34)35)28(40)29(20-2-3-20)8-5-22(15-42-29)36-9-6-17(7-10-36)18-1-4-25(32)23(12-18)27(38)39/h1,4,11-13,17,20,22H,2-3,5-10,14-16H2,(H,38,39)/t22-,29+/m1/s1. The Morgan fingerprint density at radius 1 is 1.05 bits per heavy atom. The molecule has 1 N–H and O–H groups in total. The Morgan fingerprint density at radius 3 is 2.40 bits per heavy atom. The Balaban J connectivity index is 1.10. The van der Waals surface area contributed by atoms with E-state index >= 15 is 0 Å². The summed E-state index contributed by atoms with van der Waals surface area (Å²) in [5, 5.41) is 9.19. The Labute approximate surface area is 245 Å². The molecule has 1 aliphatic carbocycles. The van der Waals surface area contributed by atoms with Crippen molar-refractivity contribution in [1.82, 2.24) is 9.80 Å². The van der Waals surface area contributed by atoms with Gasteiger partial charge in [0, 0.05) is 16.6 Å². The molecule has 12 heteroatoms. The van der Waals surface area contributed by atoms with Crippen LogP contribution in [0.3, 0.4) is 0 Å². The van der Waals surface area contributed by atoms with Gasteiger partial charge in [-0.25, -0.2) is 9.18 Å². The molecule has 0 aromatic heterocycles. The van der Waals surface area contributed by atoms with Crippen molar-refractivity contribution in [2.45, 2.75) is 68.8 Å². The van der Waals surface area contributed by atoms with Crippen LogP contribution in [-0.4, -0.2) is 64.9 Å². The summed E-state index contributed by atoms with van der Waals surface area (Å²) in [6, 6.07) is 6.65. The number of alkyl halides is 3. The van der Waals surface area contributed by atoms with Gasteiger partial charge >= 0.3 is 12.1 Å². The summed E-state index contributed by atoms with van der Waals surface area (Å²) in [5.41, 5.74) is -1.25. The Bertz CT molecular complexity index is 1380. The van der Waals surface area contributed by atoms with Crippen LogP contribution in [0, 0.1) is 11.7 Å². The third-order valence-corrected chi connectivity index (χ3v) is 9.39. The van der Waals surface area contributed by atoms with E-state index in [1.54, 1.807) is 6.07 Å². The van der Waals surface area contributed by atoms with Crippen LogP contribution in [0.1, 0.15) is 71.5 Å². The highest BCUT2D eigenvalue weighted by molar-refractivity contribution is 6.30. The van der Waals surface area contributed by atoms with Crippen molar-refractivity contribution in [2.75, 3.05) is 26.4 Å². The first kappa shape index (κ1) is 29.2. The normalized spacial score (nSPS) is 25.5. The van der Waals surface area contributed by atoms with Gasteiger partial charge in [0.15, 0.2) is 6.73 Å². The Morgan fingerprint density at radius 2 is 1.79 bits per heavy atom. The quantitative estimate of drug-likeness (QED) is 0.414. The number of nitrogens with zero attached hydrogens (tertiary/aromatic N) is 2. The average Bonchev–Trinajstić information content (AvgIpc) is 3.82. The number of carbonyl (C=O) groups is 2. The second-order valence-electron chi connectivity index (χ2n) is 11.7. The second-order valence-corrected chi connectivity index (χ2v) is 12.2. The molecule has 1 amide bonds. The number of fused-ring (bicyclic) bond motifs is 1. The lowest BCUT2D eigenvalue weighted by atomic mass is 9.84. The predicted molar refractivity (Wildman–Crippen MR) is 144 cm³/mol. The highest BCUT2D eigenvalue weighted by Gasteiger charge is 2.56. The summed E-state index contributed by atoms with van der Waals surface area (Å²) in [4.78, 5) is 29.0. The zero-order valence-electron chi connectivity index (χ0n) is 22.8. The molecule has 4 aliphatic rings. The number of rotatable bonds is 5. The highest BCUT2D eigenvalue weighted by atomic mass is 35.5. The number of carbonyl (C=O) groups excluding carboxylic acids is 1. The maximum Gasteiger partial charge on any atom is 0.420 e. The summed E-state index contributed by atoms with van der Waals surface area (Å²) >= 11 is 5.98. The molecule has 2 aromatic carbocycles. The van der Waals surface area contributed by atoms with Crippen LogP contribution in [0.2, 0.25) is 5.02 Å². The molecule has 42 heavy (non-hydrogen) atoms. The monoisotopic (exact) mass is 610 g/mol. The summed E-state index contributed by atoms with van der Waals surface area (Å²) in [7, 11) is 0. The van der Waals surface area contributed by atoms with Gasteiger partial charge in [-0.15, -0.1) is 0 Å². The van der Waals surface area contributed by atoms with E-state index in [1.807, 2.05) is 0 Å². The summed E-state index contributed by atoms with van der Waals surface area (Å²) in [5.74, 6) is -2.38. The first-order valence-corrected chi connectivity index (χ1v) is 14.6. The largest absolute Gasteiger partial charge is 0.478 e. The molecule has 0 spiro atoms. The van der Waals surface area contributed by atoms with E-state index in [9.17, 15) is 32.3 Å². The summed E-state index contributed by atoms with van der Waals surface area (Å²) < 4.78 is 66.4. The van der Waals surface area contributed by atoms with Crippen molar-refractivity contribution in [3.05, 3.63) is 63.4 Å². The third kappa shape index (κ3) is 5.46. The number of piperidine rings is 1. The second kappa shape index (κ2) is 11.0. The van der Waals surface area contributed by atoms with Crippen molar-refractivity contribution in [1.29, 1.82) is 0 Å². The molecular weight excluding hydrogens is 580 g/mol. The van der Waals surface area contributed by atoms with E-state index in [0.717, 1.165) is 56.8 Å². The van der Waals surface area contributed by atoms with Crippen LogP contribution in [-0.2, 0) is 22.3 Å². The Kier molecular flexibility index (Phi) is 7.64. The van der Waals surface area contributed by atoms with Gasteiger partial charge in [-0.2, -0.15) is 13.2 Å². The van der Waals surface area contributed by atoms with Gasteiger partial charge in [0.1, 0.15) is 17.2 Å². The number of aromatic carboxylic acids is 1. The van der Waals surface area contributed by atoms with Gasteiger partial charge in [-0.1, -0.05) is 17.7 Å². The van der Waals surface area contributed by atoms with E-state index < -0.39 is 29.1 Å². The van der Waals surface area contributed by atoms with E-state index in [1.165, 1.54) is 23.1 Å². The molecule has 3 fully saturated rings. The van der Waals surface area contributed by atoms with Gasteiger partial charge in [0.25, 0.3) is 5.91 Å². The SMILES string of the molecule is O=C(O)c1cc(C2CCN([C@@H]3CC[C@@](C(=O)N4COc5c(cc(Cl)cc5C(F)(F)F)C4)(C4CC4)OC3)CC2)ccc1F. The van der Waals surface area contributed by atoms with Crippen LogP contribution in [0.25, 0.3) is 0 Å². The average molecular weight is 611 g/mol. The number of halogens is 5.